The van der Waals surface area contributed by atoms with Crippen LogP contribution in [0.5, 0.6) is 5.75 Å². The topological polar surface area (TPSA) is 38.3 Å². The van der Waals surface area contributed by atoms with Gasteiger partial charge in [0.25, 0.3) is 0 Å². The molecule has 0 saturated heterocycles. The second-order valence-corrected chi connectivity index (χ2v) is 3.53. The maximum absolute atomic E-state index is 12.6. The van der Waals surface area contributed by atoms with Crippen molar-refractivity contribution in [2.24, 2.45) is 0 Å². The number of halogens is 1. The quantitative estimate of drug-likeness (QED) is 0.609. The van der Waals surface area contributed by atoms with E-state index in [1.807, 2.05) is 6.08 Å². The fourth-order valence-corrected chi connectivity index (χ4v) is 1.48. The van der Waals surface area contributed by atoms with Gasteiger partial charge in [0, 0.05) is 12.1 Å². The van der Waals surface area contributed by atoms with Gasteiger partial charge < -0.3 is 10.1 Å². The number of esters is 1. The fourth-order valence-electron chi connectivity index (χ4n) is 1.48. The molecule has 0 aliphatic carbocycles. The minimum absolute atomic E-state index is 0.346. The van der Waals surface area contributed by atoms with Crippen molar-refractivity contribution in [3.63, 3.8) is 0 Å². The Bertz CT molecular complexity index is 412. The number of hydrogen-bond donors (Lipinski definition) is 1. The number of ether oxygens (including phenoxy) is 1. The van der Waals surface area contributed by atoms with Gasteiger partial charge in [-0.2, -0.15) is 0 Å². The third-order valence-corrected chi connectivity index (χ3v) is 2.35. The average Bonchev–Trinajstić information content (AvgIpc) is 2.33. The molecule has 1 aliphatic heterocycles. The standard InChI is InChI=1S/C12H12FNO2/c13-10-1-3-11(4-2-10)16-12(15)9-5-7-14-8-6-9/h1-5,14H,6-8H2. The molecule has 0 bridgehead atoms. The lowest BCUT2D eigenvalue weighted by atomic mass is 10.1. The molecular weight excluding hydrogens is 209 g/mol. The number of rotatable bonds is 2. The average molecular weight is 221 g/mol. The third-order valence-electron chi connectivity index (χ3n) is 2.35. The Hall–Kier alpha value is -1.68. The van der Waals surface area contributed by atoms with Gasteiger partial charge in [-0.25, -0.2) is 9.18 Å². The number of carbonyl (C=O) groups is 1. The Balaban J connectivity index is 2.01. The molecule has 0 radical (unpaired) electrons. The van der Waals surface area contributed by atoms with E-state index in [0.717, 1.165) is 6.54 Å². The van der Waals surface area contributed by atoms with Crippen LogP contribution in [0.1, 0.15) is 6.42 Å². The molecule has 1 aromatic carbocycles. The largest absolute Gasteiger partial charge is 0.423 e. The molecule has 16 heavy (non-hydrogen) atoms. The molecule has 84 valence electrons. The van der Waals surface area contributed by atoms with Crippen molar-refractivity contribution < 1.29 is 13.9 Å². The molecule has 3 nitrogen and oxygen atoms in total. The molecule has 0 aromatic heterocycles. The summed E-state index contributed by atoms with van der Waals surface area (Å²) < 4.78 is 17.7. The van der Waals surface area contributed by atoms with Crippen molar-refractivity contribution in [1.29, 1.82) is 0 Å². The lowest BCUT2D eigenvalue weighted by molar-refractivity contribution is -0.130. The highest BCUT2D eigenvalue weighted by Crippen LogP contribution is 2.14. The fraction of sp³-hybridized carbons (Fsp3) is 0.250. The summed E-state index contributed by atoms with van der Waals surface area (Å²) in [5.41, 5.74) is 0.670. The lowest BCUT2D eigenvalue weighted by Crippen LogP contribution is -2.25. The van der Waals surface area contributed by atoms with E-state index in [4.69, 9.17) is 4.74 Å². The van der Waals surface area contributed by atoms with Gasteiger partial charge in [0.1, 0.15) is 11.6 Å². The highest BCUT2D eigenvalue weighted by molar-refractivity contribution is 5.90. The van der Waals surface area contributed by atoms with Gasteiger partial charge in [-0.3, -0.25) is 0 Å². The first-order chi connectivity index (χ1) is 7.75. The molecule has 0 atom stereocenters. The molecular formula is C12H12FNO2. The summed E-state index contributed by atoms with van der Waals surface area (Å²) in [7, 11) is 0. The SMILES string of the molecule is O=C(Oc1ccc(F)cc1)C1=CCNCC1. The van der Waals surface area contributed by atoms with Crippen molar-refractivity contribution in [1.82, 2.24) is 5.32 Å². The Kier molecular flexibility index (Phi) is 3.31. The van der Waals surface area contributed by atoms with Crippen LogP contribution >= 0.6 is 0 Å². The second-order valence-electron chi connectivity index (χ2n) is 3.53. The first kappa shape index (κ1) is 10.8. The lowest BCUT2D eigenvalue weighted by Gasteiger charge is -2.12. The van der Waals surface area contributed by atoms with Crippen LogP contribution in [0.2, 0.25) is 0 Å². The van der Waals surface area contributed by atoms with Crippen LogP contribution in [0, 0.1) is 5.82 Å². The van der Waals surface area contributed by atoms with Gasteiger partial charge in [0.15, 0.2) is 0 Å². The van der Waals surface area contributed by atoms with Gasteiger partial charge in [-0.1, -0.05) is 6.08 Å². The van der Waals surface area contributed by atoms with E-state index in [9.17, 15) is 9.18 Å². The van der Waals surface area contributed by atoms with E-state index in [2.05, 4.69) is 5.32 Å². The van der Waals surface area contributed by atoms with Crippen molar-refractivity contribution in [3.8, 4) is 5.75 Å². The van der Waals surface area contributed by atoms with Gasteiger partial charge in [-0.15, -0.1) is 0 Å². The molecule has 0 spiro atoms. The predicted molar refractivity (Wildman–Crippen MR) is 57.6 cm³/mol. The molecule has 0 amide bonds. The van der Waals surface area contributed by atoms with Crippen LogP contribution in [0.3, 0.4) is 0 Å². The zero-order valence-electron chi connectivity index (χ0n) is 8.70. The smallest absolute Gasteiger partial charge is 0.339 e. The number of benzene rings is 1. The van der Waals surface area contributed by atoms with Crippen molar-refractivity contribution in [2.75, 3.05) is 13.1 Å². The van der Waals surface area contributed by atoms with Gasteiger partial charge in [-0.05, 0) is 37.2 Å². The van der Waals surface area contributed by atoms with Crippen LogP contribution in [-0.2, 0) is 4.79 Å². The van der Waals surface area contributed by atoms with Crippen LogP contribution in [-0.4, -0.2) is 19.1 Å². The number of hydrogen-bond acceptors (Lipinski definition) is 3. The van der Waals surface area contributed by atoms with Crippen molar-refractivity contribution in [2.45, 2.75) is 6.42 Å². The monoisotopic (exact) mass is 221 g/mol. The molecule has 2 rings (SSSR count). The molecule has 4 heteroatoms. The zero-order valence-corrected chi connectivity index (χ0v) is 8.70. The Morgan fingerprint density at radius 2 is 2.06 bits per heavy atom. The summed E-state index contributed by atoms with van der Waals surface area (Å²) in [4.78, 5) is 11.6. The zero-order chi connectivity index (χ0) is 11.4. The molecule has 1 heterocycles. The maximum atomic E-state index is 12.6. The van der Waals surface area contributed by atoms with Gasteiger partial charge in [0.05, 0.1) is 0 Å². The van der Waals surface area contributed by atoms with E-state index in [1.165, 1.54) is 24.3 Å². The summed E-state index contributed by atoms with van der Waals surface area (Å²) >= 11 is 0. The highest BCUT2D eigenvalue weighted by atomic mass is 19.1. The summed E-state index contributed by atoms with van der Waals surface area (Å²) in [6.45, 7) is 1.47. The minimum atomic E-state index is -0.354. The minimum Gasteiger partial charge on any atom is -0.423 e. The van der Waals surface area contributed by atoms with E-state index >= 15 is 0 Å². The summed E-state index contributed by atoms with van der Waals surface area (Å²) in [6.07, 6.45) is 2.48. The van der Waals surface area contributed by atoms with E-state index < -0.39 is 0 Å². The molecule has 1 aromatic rings. The molecule has 0 fully saturated rings. The summed E-state index contributed by atoms with van der Waals surface area (Å²) in [5.74, 6) is -0.333. The van der Waals surface area contributed by atoms with E-state index in [1.54, 1.807) is 0 Å². The maximum Gasteiger partial charge on any atom is 0.339 e. The van der Waals surface area contributed by atoms with Gasteiger partial charge in [0.2, 0.25) is 0 Å². The Morgan fingerprint density at radius 3 is 2.69 bits per heavy atom. The first-order valence-corrected chi connectivity index (χ1v) is 5.13. The van der Waals surface area contributed by atoms with Crippen LogP contribution in [0.25, 0.3) is 0 Å². The van der Waals surface area contributed by atoms with E-state index in [0.29, 0.717) is 24.3 Å². The number of carbonyl (C=O) groups excluding carboxylic acids is 1. The van der Waals surface area contributed by atoms with E-state index in [-0.39, 0.29) is 11.8 Å². The van der Waals surface area contributed by atoms with Crippen LogP contribution < -0.4 is 10.1 Å². The molecule has 1 N–H and O–H groups in total. The molecule has 0 unspecified atom stereocenters. The van der Waals surface area contributed by atoms with Crippen molar-refractivity contribution >= 4 is 5.97 Å². The Labute approximate surface area is 92.9 Å². The number of nitrogens with one attached hydrogen (secondary N) is 1. The molecule has 0 saturated carbocycles. The first-order valence-electron chi connectivity index (χ1n) is 5.13. The molecule has 1 aliphatic rings. The highest BCUT2D eigenvalue weighted by Gasteiger charge is 2.13. The van der Waals surface area contributed by atoms with Crippen LogP contribution in [0.4, 0.5) is 4.39 Å². The van der Waals surface area contributed by atoms with Gasteiger partial charge >= 0.3 is 5.97 Å². The summed E-state index contributed by atoms with van der Waals surface area (Å²) in [6, 6.07) is 5.41. The second kappa shape index (κ2) is 4.90. The summed E-state index contributed by atoms with van der Waals surface area (Å²) in [5, 5.41) is 3.11. The van der Waals surface area contributed by atoms with Crippen LogP contribution in [0.15, 0.2) is 35.9 Å². The normalized spacial score (nSPS) is 15.4. The van der Waals surface area contributed by atoms with Crippen molar-refractivity contribution in [3.05, 3.63) is 41.7 Å². The third kappa shape index (κ3) is 2.67. The predicted octanol–water partition coefficient (Wildman–Crippen LogP) is 1.65. The Morgan fingerprint density at radius 1 is 1.31 bits per heavy atom.